The van der Waals surface area contributed by atoms with Gasteiger partial charge in [-0.05, 0) is 18.8 Å². The van der Waals surface area contributed by atoms with Crippen molar-refractivity contribution in [2.24, 2.45) is 5.92 Å². The van der Waals surface area contributed by atoms with Gasteiger partial charge in [0.1, 0.15) is 0 Å². The smallest absolute Gasteiger partial charge is 0.328 e. The van der Waals surface area contributed by atoms with Crippen molar-refractivity contribution in [3.63, 3.8) is 0 Å². The monoisotopic (exact) mass is 197 g/mol. The molecule has 0 spiro atoms. The number of carbonyl (C=O) groups is 2. The molecule has 1 rings (SSSR count). The topological polar surface area (TPSA) is 66.4 Å². The average Bonchev–Trinajstić information content (AvgIpc) is 2.49. The van der Waals surface area contributed by atoms with Gasteiger partial charge in [-0.2, -0.15) is 0 Å². The van der Waals surface area contributed by atoms with Gasteiger partial charge < -0.3 is 10.4 Å². The molecule has 0 radical (unpaired) electrons. The molecule has 0 saturated heterocycles. The number of aliphatic carboxylic acids is 1. The van der Waals surface area contributed by atoms with Crippen LogP contribution >= 0.6 is 0 Å². The van der Waals surface area contributed by atoms with Crippen molar-refractivity contribution in [1.82, 2.24) is 5.32 Å². The highest BCUT2D eigenvalue weighted by Crippen LogP contribution is 2.24. The summed E-state index contributed by atoms with van der Waals surface area (Å²) < 4.78 is 0. The van der Waals surface area contributed by atoms with Crippen molar-refractivity contribution < 1.29 is 14.7 Å². The van der Waals surface area contributed by atoms with Crippen molar-refractivity contribution in [3.05, 3.63) is 12.2 Å². The van der Waals surface area contributed by atoms with Crippen molar-refractivity contribution >= 4 is 11.9 Å². The molecule has 0 heterocycles. The van der Waals surface area contributed by atoms with Gasteiger partial charge in [-0.3, -0.25) is 4.79 Å². The van der Waals surface area contributed by atoms with Crippen molar-refractivity contribution in [1.29, 1.82) is 0 Å². The molecule has 0 aromatic rings. The Balaban J connectivity index is 2.36. The minimum atomic E-state index is -1.10. The van der Waals surface area contributed by atoms with Crippen molar-refractivity contribution in [2.75, 3.05) is 0 Å². The molecule has 0 aliphatic heterocycles. The Morgan fingerprint density at radius 2 is 2.07 bits per heavy atom. The summed E-state index contributed by atoms with van der Waals surface area (Å²) in [6.45, 7) is 2.10. The number of nitrogens with one attached hydrogen (secondary N) is 1. The third kappa shape index (κ3) is 3.20. The molecular formula is C10H15NO3. The van der Waals surface area contributed by atoms with Gasteiger partial charge in [-0.15, -0.1) is 0 Å². The number of amides is 1. The summed E-state index contributed by atoms with van der Waals surface area (Å²) in [6, 6.07) is 0.209. The van der Waals surface area contributed by atoms with Gasteiger partial charge in [0, 0.05) is 18.2 Å². The van der Waals surface area contributed by atoms with Gasteiger partial charge in [0.2, 0.25) is 5.91 Å². The highest BCUT2D eigenvalue weighted by atomic mass is 16.4. The van der Waals surface area contributed by atoms with Gasteiger partial charge in [0.05, 0.1) is 0 Å². The zero-order valence-electron chi connectivity index (χ0n) is 8.19. The molecule has 4 heteroatoms. The SMILES string of the molecule is CC1CCCC1NC(=O)/C=C/C(=O)O. The Hall–Kier alpha value is -1.32. The number of carbonyl (C=O) groups excluding carboxylic acids is 1. The van der Waals surface area contributed by atoms with E-state index in [9.17, 15) is 9.59 Å². The van der Waals surface area contributed by atoms with Crippen LogP contribution in [0.4, 0.5) is 0 Å². The first kappa shape index (κ1) is 10.8. The normalized spacial score (nSPS) is 26.6. The average molecular weight is 197 g/mol. The molecule has 2 atom stereocenters. The van der Waals surface area contributed by atoms with Gasteiger partial charge in [0.15, 0.2) is 0 Å². The van der Waals surface area contributed by atoms with Gasteiger partial charge >= 0.3 is 5.97 Å². The largest absolute Gasteiger partial charge is 0.478 e. The molecule has 1 amide bonds. The summed E-state index contributed by atoms with van der Waals surface area (Å²) in [5.41, 5.74) is 0. The predicted octanol–water partition coefficient (Wildman–Crippen LogP) is 0.932. The lowest BCUT2D eigenvalue weighted by Gasteiger charge is -2.15. The third-order valence-corrected chi connectivity index (χ3v) is 2.57. The molecule has 1 aliphatic rings. The fourth-order valence-corrected chi connectivity index (χ4v) is 1.74. The van der Waals surface area contributed by atoms with Gasteiger partial charge in [-0.25, -0.2) is 4.79 Å². The highest BCUT2D eigenvalue weighted by molar-refractivity contribution is 5.94. The van der Waals surface area contributed by atoms with Crippen LogP contribution in [-0.2, 0) is 9.59 Å². The fraction of sp³-hybridized carbons (Fsp3) is 0.600. The first-order valence-electron chi connectivity index (χ1n) is 4.81. The Morgan fingerprint density at radius 1 is 1.36 bits per heavy atom. The second kappa shape index (κ2) is 4.79. The van der Waals surface area contributed by atoms with Crippen LogP contribution in [0.15, 0.2) is 12.2 Å². The minimum Gasteiger partial charge on any atom is -0.478 e. The molecule has 2 unspecified atom stereocenters. The number of carboxylic acid groups (broad SMARTS) is 1. The number of hydrogen-bond donors (Lipinski definition) is 2. The summed E-state index contributed by atoms with van der Waals surface area (Å²) in [5, 5.41) is 11.1. The lowest BCUT2D eigenvalue weighted by molar-refractivity contribution is -0.131. The van der Waals surface area contributed by atoms with E-state index in [1.807, 2.05) is 0 Å². The quantitative estimate of drug-likeness (QED) is 0.661. The molecule has 2 N–H and O–H groups in total. The van der Waals surface area contributed by atoms with Gasteiger partial charge in [-0.1, -0.05) is 13.3 Å². The van der Waals surface area contributed by atoms with E-state index in [1.54, 1.807) is 0 Å². The Bertz CT molecular complexity index is 260. The molecule has 0 aromatic heterocycles. The van der Waals surface area contributed by atoms with Crippen LogP contribution in [0.25, 0.3) is 0 Å². The molecule has 1 saturated carbocycles. The summed E-state index contributed by atoms with van der Waals surface area (Å²) in [7, 11) is 0. The molecule has 14 heavy (non-hydrogen) atoms. The molecule has 1 fully saturated rings. The van der Waals surface area contributed by atoms with Gasteiger partial charge in [0.25, 0.3) is 0 Å². The van der Waals surface area contributed by atoms with Crippen LogP contribution in [0, 0.1) is 5.92 Å². The first-order chi connectivity index (χ1) is 6.59. The van der Waals surface area contributed by atoms with Crippen molar-refractivity contribution in [2.45, 2.75) is 32.2 Å². The predicted molar refractivity (Wildman–Crippen MR) is 51.7 cm³/mol. The van der Waals surface area contributed by atoms with E-state index in [1.165, 1.54) is 0 Å². The van der Waals surface area contributed by atoms with E-state index in [0.717, 1.165) is 31.4 Å². The van der Waals surface area contributed by atoms with Crippen LogP contribution in [0.3, 0.4) is 0 Å². The maximum absolute atomic E-state index is 11.2. The van der Waals surface area contributed by atoms with Crippen LogP contribution < -0.4 is 5.32 Å². The zero-order chi connectivity index (χ0) is 10.6. The Morgan fingerprint density at radius 3 is 2.57 bits per heavy atom. The molecule has 0 aromatic carbocycles. The minimum absolute atomic E-state index is 0.209. The molecular weight excluding hydrogens is 182 g/mol. The van der Waals surface area contributed by atoms with Crippen LogP contribution in [-0.4, -0.2) is 23.0 Å². The number of carboxylic acids is 1. The summed E-state index contributed by atoms with van der Waals surface area (Å²) in [5.74, 6) is -0.914. The Labute approximate surface area is 83.0 Å². The number of rotatable bonds is 3. The van der Waals surface area contributed by atoms with Crippen molar-refractivity contribution in [3.8, 4) is 0 Å². The first-order valence-corrected chi connectivity index (χ1v) is 4.81. The molecule has 78 valence electrons. The molecule has 0 bridgehead atoms. The van der Waals surface area contributed by atoms with E-state index in [0.29, 0.717) is 5.92 Å². The van der Waals surface area contributed by atoms with E-state index in [2.05, 4.69) is 12.2 Å². The highest BCUT2D eigenvalue weighted by Gasteiger charge is 2.23. The number of hydrogen-bond acceptors (Lipinski definition) is 2. The maximum atomic E-state index is 11.2. The van der Waals surface area contributed by atoms with E-state index < -0.39 is 5.97 Å². The maximum Gasteiger partial charge on any atom is 0.328 e. The third-order valence-electron chi connectivity index (χ3n) is 2.57. The summed E-state index contributed by atoms with van der Waals surface area (Å²) >= 11 is 0. The standard InChI is InChI=1S/C10H15NO3/c1-7-3-2-4-8(7)11-9(12)5-6-10(13)14/h5-8H,2-4H2,1H3,(H,11,12)(H,13,14)/b6-5+. The lowest BCUT2D eigenvalue weighted by Crippen LogP contribution is -2.35. The van der Waals surface area contributed by atoms with Crippen LogP contribution in [0.2, 0.25) is 0 Å². The second-order valence-corrected chi connectivity index (χ2v) is 3.69. The summed E-state index contributed by atoms with van der Waals surface area (Å²) in [4.78, 5) is 21.3. The summed E-state index contributed by atoms with van der Waals surface area (Å²) in [6.07, 6.45) is 5.18. The van der Waals surface area contributed by atoms with E-state index >= 15 is 0 Å². The fourth-order valence-electron chi connectivity index (χ4n) is 1.74. The zero-order valence-corrected chi connectivity index (χ0v) is 8.19. The Kier molecular flexibility index (Phi) is 3.68. The van der Waals surface area contributed by atoms with E-state index in [-0.39, 0.29) is 11.9 Å². The molecule has 1 aliphatic carbocycles. The molecule has 4 nitrogen and oxygen atoms in total. The lowest BCUT2D eigenvalue weighted by atomic mass is 10.1. The van der Waals surface area contributed by atoms with E-state index in [4.69, 9.17) is 5.11 Å². The van der Waals surface area contributed by atoms with Crippen LogP contribution in [0.5, 0.6) is 0 Å². The second-order valence-electron chi connectivity index (χ2n) is 3.69. The van der Waals surface area contributed by atoms with Crippen LogP contribution in [0.1, 0.15) is 26.2 Å².